The molecule has 1 aromatic heterocycles. The highest BCUT2D eigenvalue weighted by atomic mass is 19.4. The Balaban J connectivity index is 0.00000549. The van der Waals surface area contributed by atoms with Crippen molar-refractivity contribution in [3.63, 3.8) is 0 Å². The van der Waals surface area contributed by atoms with Gasteiger partial charge < -0.3 is 18.8 Å². The van der Waals surface area contributed by atoms with E-state index >= 15 is 0 Å². The molecule has 1 saturated carbocycles. The van der Waals surface area contributed by atoms with E-state index in [9.17, 15) is 41.5 Å². The number of nitrogens with one attached hydrogen (secondary N) is 2. The van der Waals surface area contributed by atoms with E-state index in [-0.39, 0.29) is 68.1 Å². The molecule has 2 N–H and O–H groups in total. The predicted molar refractivity (Wildman–Crippen MR) is 197 cm³/mol. The molecule has 1 unspecified atom stereocenters. The summed E-state index contributed by atoms with van der Waals surface area (Å²) in [6.45, 7) is 1.55. The third-order valence-corrected chi connectivity index (χ3v) is 10.1. The van der Waals surface area contributed by atoms with Crippen LogP contribution < -0.4 is 15.4 Å². The lowest BCUT2D eigenvalue weighted by molar-refractivity contribution is -0.138. The molecule has 1 aliphatic carbocycles. The molecule has 3 aromatic carbocycles. The van der Waals surface area contributed by atoms with Crippen LogP contribution in [0, 0.1) is 11.7 Å². The standard InChI is InChI=1S/C39H37F4N5O8.CH4/c40-25-6-11-31-30(19-25)44-38(46-34(50)23-2-1-3-24(18-23)39(41,42)43)47(31)26-7-4-22(5-8-26)21-55-15-14-54-16-17-56-27-9-10-28-29(20-27)37(53)48(36(28)52)32-12-13-33(49)45-35(32)51;/h1-3,6,9-11,18-20,22,26,32H,4-5,7-8,12-17,21H2,(H,44,46,50)(H,45,49,51);1H4. The molecule has 7 rings (SSSR count). The highest BCUT2D eigenvalue weighted by Crippen LogP contribution is 2.38. The van der Waals surface area contributed by atoms with Crippen LogP contribution in [0.3, 0.4) is 0 Å². The summed E-state index contributed by atoms with van der Waals surface area (Å²) in [7, 11) is 0. The summed E-state index contributed by atoms with van der Waals surface area (Å²) < 4.78 is 72.9. The molecular weight excluding hydrogens is 754 g/mol. The van der Waals surface area contributed by atoms with Gasteiger partial charge in [0.05, 0.1) is 47.5 Å². The lowest BCUT2D eigenvalue weighted by atomic mass is 9.86. The van der Waals surface area contributed by atoms with Gasteiger partial charge in [0.15, 0.2) is 0 Å². The Bertz CT molecular complexity index is 2180. The van der Waals surface area contributed by atoms with Crippen LogP contribution in [0.15, 0.2) is 60.7 Å². The average Bonchev–Trinajstić information content (AvgIpc) is 3.64. The minimum absolute atomic E-state index is 0. The third-order valence-electron chi connectivity index (χ3n) is 10.1. The first-order chi connectivity index (χ1) is 26.9. The van der Waals surface area contributed by atoms with E-state index in [0.29, 0.717) is 49.4 Å². The number of ether oxygens (including phenoxy) is 3. The van der Waals surface area contributed by atoms with Crippen molar-refractivity contribution < 1.29 is 55.7 Å². The lowest BCUT2D eigenvalue weighted by Gasteiger charge is -2.30. The van der Waals surface area contributed by atoms with E-state index in [1.807, 2.05) is 4.57 Å². The quantitative estimate of drug-likeness (QED) is 0.0897. The molecule has 5 amide bonds. The smallest absolute Gasteiger partial charge is 0.416 e. The van der Waals surface area contributed by atoms with Gasteiger partial charge >= 0.3 is 6.18 Å². The van der Waals surface area contributed by atoms with Gasteiger partial charge in [-0.2, -0.15) is 13.2 Å². The monoisotopic (exact) mass is 795 g/mol. The van der Waals surface area contributed by atoms with Crippen molar-refractivity contribution >= 4 is 46.5 Å². The molecule has 0 spiro atoms. The fourth-order valence-corrected chi connectivity index (χ4v) is 7.34. The zero-order chi connectivity index (χ0) is 39.6. The Hall–Kier alpha value is -5.68. The van der Waals surface area contributed by atoms with E-state index < -0.39 is 53.1 Å². The zero-order valence-corrected chi connectivity index (χ0v) is 29.9. The number of carbonyl (C=O) groups excluding carboxylic acids is 5. The van der Waals surface area contributed by atoms with Crippen LogP contribution in [-0.2, 0) is 25.2 Å². The molecule has 57 heavy (non-hydrogen) atoms. The van der Waals surface area contributed by atoms with Gasteiger partial charge in [0.1, 0.15) is 24.2 Å². The van der Waals surface area contributed by atoms with E-state index in [2.05, 4.69) is 15.6 Å². The van der Waals surface area contributed by atoms with Gasteiger partial charge in [0.2, 0.25) is 17.8 Å². The minimum Gasteiger partial charge on any atom is -0.491 e. The highest BCUT2D eigenvalue weighted by molar-refractivity contribution is 6.23. The number of nitrogens with zero attached hydrogens (tertiary/aromatic N) is 3. The molecule has 4 aromatic rings. The maximum atomic E-state index is 14.1. The Morgan fingerprint density at radius 3 is 2.35 bits per heavy atom. The van der Waals surface area contributed by atoms with Crippen molar-refractivity contribution in [3.8, 4) is 5.75 Å². The second-order valence-electron chi connectivity index (χ2n) is 13.8. The van der Waals surface area contributed by atoms with Gasteiger partial charge in [-0.25, -0.2) is 9.37 Å². The number of piperidine rings is 1. The summed E-state index contributed by atoms with van der Waals surface area (Å²) in [6, 6.07) is 11.6. The van der Waals surface area contributed by atoms with Crippen molar-refractivity contribution in [2.45, 2.75) is 64.2 Å². The summed E-state index contributed by atoms with van der Waals surface area (Å²) in [4.78, 5) is 68.1. The van der Waals surface area contributed by atoms with Crippen molar-refractivity contribution in [2.75, 3.05) is 38.4 Å². The average molecular weight is 796 g/mol. The molecule has 17 heteroatoms. The SMILES string of the molecule is C.O=C1CCC(N2C(=O)c3ccc(OCCOCCOCC4CCC(n5c(NC(=O)c6cccc(C(F)(F)F)c6)nc6cc(F)ccc65)CC4)cc3C2=O)C(=O)N1. The molecule has 2 fully saturated rings. The predicted octanol–water partition coefficient (Wildman–Crippen LogP) is 6.33. The number of hydrogen-bond donors (Lipinski definition) is 2. The number of alkyl halides is 3. The molecule has 13 nitrogen and oxygen atoms in total. The maximum absolute atomic E-state index is 14.1. The normalized spacial score (nSPS) is 19.6. The minimum atomic E-state index is -4.61. The number of fused-ring (bicyclic) bond motifs is 2. The van der Waals surface area contributed by atoms with Gasteiger partial charge in [-0.1, -0.05) is 13.5 Å². The largest absolute Gasteiger partial charge is 0.491 e. The molecule has 0 radical (unpaired) electrons. The summed E-state index contributed by atoms with van der Waals surface area (Å²) in [6.07, 6.45) is -1.52. The topological polar surface area (TPSA) is 158 Å². The van der Waals surface area contributed by atoms with Gasteiger partial charge in [-0.15, -0.1) is 0 Å². The number of benzene rings is 3. The Morgan fingerprint density at radius 1 is 0.860 bits per heavy atom. The highest BCUT2D eigenvalue weighted by Gasteiger charge is 2.44. The summed E-state index contributed by atoms with van der Waals surface area (Å²) in [5.74, 6) is -2.87. The van der Waals surface area contributed by atoms with Crippen LogP contribution >= 0.6 is 0 Å². The molecular formula is C40H41F4N5O8. The first-order valence-electron chi connectivity index (χ1n) is 18.2. The first-order valence-corrected chi connectivity index (χ1v) is 18.2. The molecule has 1 atom stereocenters. The van der Waals surface area contributed by atoms with Crippen molar-refractivity contribution in [3.05, 3.63) is 88.7 Å². The fourth-order valence-electron chi connectivity index (χ4n) is 7.34. The van der Waals surface area contributed by atoms with Crippen molar-refractivity contribution in [1.29, 1.82) is 0 Å². The van der Waals surface area contributed by atoms with E-state index in [1.54, 1.807) is 12.1 Å². The number of rotatable bonds is 13. The molecule has 1 saturated heterocycles. The number of hydrogen-bond acceptors (Lipinski definition) is 9. The molecule has 0 bridgehead atoms. The second-order valence-corrected chi connectivity index (χ2v) is 13.8. The van der Waals surface area contributed by atoms with Crippen LogP contribution in [0.25, 0.3) is 11.0 Å². The molecule has 302 valence electrons. The van der Waals surface area contributed by atoms with Crippen LogP contribution in [0.4, 0.5) is 23.5 Å². The Kier molecular flexibility index (Phi) is 12.4. The van der Waals surface area contributed by atoms with Crippen LogP contribution in [0.1, 0.15) is 88.6 Å². The van der Waals surface area contributed by atoms with Crippen LogP contribution in [0.5, 0.6) is 5.75 Å². The number of carbonyl (C=O) groups is 5. The van der Waals surface area contributed by atoms with Crippen molar-refractivity contribution in [1.82, 2.24) is 19.8 Å². The molecule has 3 aliphatic rings. The van der Waals surface area contributed by atoms with Gasteiger partial charge in [0.25, 0.3) is 17.7 Å². The summed E-state index contributed by atoms with van der Waals surface area (Å²) in [5.41, 5.74) is 0.0676. The second kappa shape index (κ2) is 17.2. The number of aromatic nitrogens is 2. The number of imidazole rings is 1. The summed E-state index contributed by atoms with van der Waals surface area (Å²) in [5, 5.41) is 4.82. The van der Waals surface area contributed by atoms with E-state index in [0.717, 1.165) is 35.9 Å². The first kappa shape index (κ1) is 41.0. The number of anilines is 1. The van der Waals surface area contributed by atoms with Crippen LogP contribution in [0.2, 0.25) is 0 Å². The number of imide groups is 2. The lowest BCUT2D eigenvalue weighted by Crippen LogP contribution is -2.54. The number of halogens is 4. The van der Waals surface area contributed by atoms with Crippen molar-refractivity contribution in [2.24, 2.45) is 5.92 Å². The van der Waals surface area contributed by atoms with Gasteiger partial charge in [-0.3, -0.25) is 39.5 Å². The Morgan fingerprint density at radius 2 is 1.60 bits per heavy atom. The zero-order valence-electron chi connectivity index (χ0n) is 29.9. The van der Waals surface area contributed by atoms with Gasteiger partial charge in [-0.05, 0) is 86.6 Å². The van der Waals surface area contributed by atoms with Gasteiger partial charge in [0, 0.05) is 30.7 Å². The van der Waals surface area contributed by atoms with E-state index in [4.69, 9.17) is 14.2 Å². The molecule has 2 aliphatic heterocycles. The van der Waals surface area contributed by atoms with E-state index in [1.165, 1.54) is 30.3 Å². The summed E-state index contributed by atoms with van der Waals surface area (Å²) >= 11 is 0. The maximum Gasteiger partial charge on any atom is 0.416 e. The fraction of sp³-hybridized carbons (Fsp3) is 0.400. The number of amides is 5. The van der Waals surface area contributed by atoms with Crippen LogP contribution in [-0.4, -0.2) is 83.1 Å². The Labute approximate surface area is 324 Å². The third kappa shape index (κ3) is 8.99. The molecule has 3 heterocycles.